The average Bonchev–Trinajstić information content (AvgIpc) is 2.81. The van der Waals surface area contributed by atoms with Crippen LogP contribution in [0.3, 0.4) is 0 Å². The molecule has 0 saturated carbocycles. The van der Waals surface area contributed by atoms with Crippen LogP contribution in [0.5, 0.6) is 0 Å². The topological polar surface area (TPSA) is 66.3 Å². The molecule has 23 heavy (non-hydrogen) atoms. The van der Waals surface area contributed by atoms with Gasteiger partial charge in [-0.2, -0.15) is 5.10 Å². The van der Waals surface area contributed by atoms with E-state index in [9.17, 15) is 4.79 Å². The Labute approximate surface area is 136 Å². The molecule has 1 N–H and O–H groups in total. The number of hydrogen-bond donors (Lipinski definition) is 1. The van der Waals surface area contributed by atoms with Gasteiger partial charge in [0.1, 0.15) is 0 Å². The van der Waals surface area contributed by atoms with Crippen LogP contribution >= 0.6 is 0 Å². The Balaban J connectivity index is 1.74. The van der Waals surface area contributed by atoms with E-state index in [0.717, 1.165) is 42.9 Å². The summed E-state index contributed by atoms with van der Waals surface area (Å²) in [4.78, 5) is 21.2. The second kappa shape index (κ2) is 6.16. The number of piperazine rings is 1. The third-order valence-corrected chi connectivity index (χ3v) is 4.53. The maximum absolute atomic E-state index is 12.5. The van der Waals surface area contributed by atoms with Crippen LogP contribution in [0.25, 0.3) is 11.0 Å². The minimum Gasteiger partial charge on any atom is -0.319 e. The van der Waals surface area contributed by atoms with Crippen LogP contribution in [-0.4, -0.2) is 62.8 Å². The Morgan fingerprint density at radius 3 is 2.91 bits per heavy atom. The van der Waals surface area contributed by atoms with Gasteiger partial charge in [0, 0.05) is 38.1 Å². The largest absolute Gasteiger partial charge is 0.322 e. The van der Waals surface area contributed by atoms with Crippen LogP contribution in [0.15, 0.2) is 12.3 Å². The number of amides is 2. The van der Waals surface area contributed by atoms with Crippen LogP contribution in [0, 0.1) is 6.92 Å². The molecule has 2 amide bonds. The van der Waals surface area contributed by atoms with Crippen LogP contribution in [-0.2, 0) is 7.05 Å². The summed E-state index contributed by atoms with van der Waals surface area (Å²) in [5, 5.41) is 8.29. The van der Waals surface area contributed by atoms with E-state index in [0.29, 0.717) is 5.69 Å². The third kappa shape index (κ3) is 3.01. The lowest BCUT2D eigenvalue weighted by molar-refractivity contribution is 0.112. The van der Waals surface area contributed by atoms with E-state index in [-0.39, 0.29) is 12.1 Å². The summed E-state index contributed by atoms with van der Waals surface area (Å²) in [7, 11) is 1.87. The molecule has 2 aromatic rings. The molecular formula is C16H24N6O. The zero-order valence-corrected chi connectivity index (χ0v) is 14.2. The van der Waals surface area contributed by atoms with E-state index >= 15 is 0 Å². The molecule has 0 radical (unpaired) electrons. The predicted molar refractivity (Wildman–Crippen MR) is 90.5 cm³/mol. The number of fused-ring (bicyclic) bond motifs is 1. The number of pyridine rings is 1. The van der Waals surface area contributed by atoms with Crippen molar-refractivity contribution in [1.29, 1.82) is 0 Å². The molecule has 1 atom stereocenters. The lowest BCUT2D eigenvalue weighted by Crippen LogP contribution is -2.54. The molecular weight excluding hydrogens is 292 g/mol. The van der Waals surface area contributed by atoms with Crippen LogP contribution in [0.2, 0.25) is 0 Å². The fraction of sp³-hybridized carbons (Fsp3) is 0.562. The standard InChI is InChI=1S/C16H24N6O/c1-5-21-6-7-22(11(2)10-21)16(23)18-13-8-14-12(3)19-20(4)15(14)17-9-13/h8-9,11H,5-7,10H2,1-4H3,(H,18,23). The minimum absolute atomic E-state index is 0.0593. The van der Waals surface area contributed by atoms with E-state index in [1.807, 2.05) is 24.9 Å². The van der Waals surface area contributed by atoms with Crippen molar-refractivity contribution in [2.24, 2.45) is 7.05 Å². The first kappa shape index (κ1) is 15.7. The predicted octanol–water partition coefficient (Wildman–Crippen LogP) is 1.83. The zero-order chi connectivity index (χ0) is 16.6. The highest BCUT2D eigenvalue weighted by atomic mass is 16.2. The van der Waals surface area contributed by atoms with Crippen molar-refractivity contribution in [3.63, 3.8) is 0 Å². The van der Waals surface area contributed by atoms with Gasteiger partial charge in [-0.3, -0.25) is 9.58 Å². The first-order chi connectivity index (χ1) is 11.0. The van der Waals surface area contributed by atoms with Crippen molar-refractivity contribution in [2.45, 2.75) is 26.8 Å². The van der Waals surface area contributed by atoms with E-state index in [4.69, 9.17) is 0 Å². The van der Waals surface area contributed by atoms with Crippen molar-refractivity contribution in [3.05, 3.63) is 18.0 Å². The summed E-state index contributed by atoms with van der Waals surface area (Å²) in [5.74, 6) is 0. The molecule has 3 heterocycles. The molecule has 0 aliphatic carbocycles. The number of carbonyl (C=O) groups is 1. The summed E-state index contributed by atoms with van der Waals surface area (Å²) in [6, 6.07) is 2.09. The number of rotatable bonds is 2. The quantitative estimate of drug-likeness (QED) is 0.918. The van der Waals surface area contributed by atoms with E-state index < -0.39 is 0 Å². The Morgan fingerprint density at radius 1 is 1.43 bits per heavy atom. The number of nitrogens with one attached hydrogen (secondary N) is 1. The second-order valence-corrected chi connectivity index (χ2v) is 6.17. The van der Waals surface area contributed by atoms with Gasteiger partial charge in [0.05, 0.1) is 17.6 Å². The highest BCUT2D eigenvalue weighted by Gasteiger charge is 2.26. The normalized spacial score (nSPS) is 19.3. The number of anilines is 1. The van der Waals surface area contributed by atoms with Crippen molar-refractivity contribution in [1.82, 2.24) is 24.6 Å². The summed E-state index contributed by atoms with van der Waals surface area (Å²) >= 11 is 0. The van der Waals surface area contributed by atoms with Gasteiger partial charge in [0.15, 0.2) is 5.65 Å². The van der Waals surface area contributed by atoms with Crippen LogP contribution in [0.1, 0.15) is 19.5 Å². The summed E-state index contributed by atoms with van der Waals surface area (Å²) in [6.07, 6.45) is 1.69. The Kier molecular flexibility index (Phi) is 4.21. The lowest BCUT2D eigenvalue weighted by Gasteiger charge is -2.39. The Hall–Kier alpha value is -2.15. The average molecular weight is 316 g/mol. The number of carbonyl (C=O) groups excluding carboxylic acids is 1. The minimum atomic E-state index is -0.0593. The van der Waals surface area contributed by atoms with E-state index in [1.54, 1.807) is 10.9 Å². The van der Waals surface area contributed by atoms with Gasteiger partial charge in [-0.1, -0.05) is 6.92 Å². The van der Waals surface area contributed by atoms with Gasteiger partial charge in [-0.05, 0) is 26.5 Å². The molecule has 0 bridgehead atoms. The third-order valence-electron chi connectivity index (χ3n) is 4.53. The number of aromatic nitrogens is 3. The molecule has 1 aliphatic rings. The van der Waals surface area contributed by atoms with Crippen molar-refractivity contribution < 1.29 is 4.79 Å². The number of aryl methyl sites for hydroxylation is 2. The Morgan fingerprint density at radius 2 is 2.22 bits per heavy atom. The molecule has 1 saturated heterocycles. The summed E-state index contributed by atoms with van der Waals surface area (Å²) < 4.78 is 1.75. The fourth-order valence-corrected chi connectivity index (χ4v) is 3.19. The highest BCUT2D eigenvalue weighted by Crippen LogP contribution is 2.20. The smallest absolute Gasteiger partial charge is 0.319 e. The first-order valence-corrected chi connectivity index (χ1v) is 8.09. The second-order valence-electron chi connectivity index (χ2n) is 6.17. The molecule has 1 fully saturated rings. The summed E-state index contributed by atoms with van der Waals surface area (Å²) in [5.41, 5.74) is 2.45. The molecule has 0 spiro atoms. The van der Waals surface area contributed by atoms with Crippen molar-refractivity contribution in [3.8, 4) is 0 Å². The highest BCUT2D eigenvalue weighted by molar-refractivity contribution is 5.92. The molecule has 2 aromatic heterocycles. The Bertz CT molecular complexity index is 725. The first-order valence-electron chi connectivity index (χ1n) is 8.09. The van der Waals surface area contributed by atoms with Gasteiger partial charge in [-0.15, -0.1) is 0 Å². The molecule has 0 aromatic carbocycles. The molecule has 7 nitrogen and oxygen atoms in total. The molecule has 3 rings (SSSR count). The number of urea groups is 1. The molecule has 124 valence electrons. The van der Waals surface area contributed by atoms with Crippen molar-refractivity contribution in [2.75, 3.05) is 31.5 Å². The summed E-state index contributed by atoms with van der Waals surface area (Å²) in [6.45, 7) is 9.81. The van der Waals surface area contributed by atoms with Crippen molar-refractivity contribution >= 4 is 22.8 Å². The van der Waals surface area contributed by atoms with Gasteiger partial charge in [0.25, 0.3) is 0 Å². The number of likely N-dealkylation sites (N-methyl/N-ethyl adjacent to an activating group) is 1. The van der Waals surface area contributed by atoms with Gasteiger partial charge in [0.2, 0.25) is 0 Å². The van der Waals surface area contributed by atoms with Gasteiger partial charge in [-0.25, -0.2) is 9.78 Å². The fourth-order valence-electron chi connectivity index (χ4n) is 3.19. The van der Waals surface area contributed by atoms with Crippen LogP contribution in [0.4, 0.5) is 10.5 Å². The lowest BCUT2D eigenvalue weighted by atomic mass is 10.2. The monoisotopic (exact) mass is 316 g/mol. The number of hydrogen-bond acceptors (Lipinski definition) is 4. The van der Waals surface area contributed by atoms with Crippen LogP contribution < -0.4 is 5.32 Å². The maximum Gasteiger partial charge on any atom is 0.322 e. The molecule has 7 heteroatoms. The van der Waals surface area contributed by atoms with E-state index in [1.165, 1.54) is 0 Å². The van der Waals surface area contributed by atoms with E-state index in [2.05, 4.69) is 34.1 Å². The maximum atomic E-state index is 12.5. The molecule has 1 aliphatic heterocycles. The molecule has 1 unspecified atom stereocenters. The van der Waals surface area contributed by atoms with Gasteiger partial charge >= 0.3 is 6.03 Å². The number of nitrogens with zero attached hydrogens (tertiary/aromatic N) is 5. The van der Waals surface area contributed by atoms with Gasteiger partial charge < -0.3 is 10.2 Å². The zero-order valence-electron chi connectivity index (χ0n) is 14.2. The SMILES string of the molecule is CCN1CCN(C(=O)Nc2cnc3c(c2)c(C)nn3C)C(C)C1.